The molecule has 2 fully saturated rings. The molecule has 5 rings (SSSR count). The molecule has 3 heterocycles. The van der Waals surface area contributed by atoms with E-state index in [0.717, 1.165) is 41.2 Å². The number of aliphatic hydroxyl groups is 1. The van der Waals surface area contributed by atoms with E-state index in [4.69, 9.17) is 18.9 Å². The molecular formula is C28H34N2O7. The molecule has 198 valence electrons. The largest absolute Gasteiger partial charge is 0.496 e. The van der Waals surface area contributed by atoms with Crippen LogP contribution in [0.3, 0.4) is 0 Å². The first-order valence-electron chi connectivity index (χ1n) is 12.9. The molecule has 3 N–H and O–H groups in total. The highest BCUT2D eigenvalue weighted by molar-refractivity contribution is 5.92. The Bertz CT molecular complexity index is 1120. The maximum Gasteiger partial charge on any atom is 0.227 e. The van der Waals surface area contributed by atoms with Gasteiger partial charge >= 0.3 is 0 Å². The molecule has 2 amide bonds. The van der Waals surface area contributed by atoms with Crippen LogP contribution >= 0.6 is 0 Å². The number of amides is 2. The molecule has 0 spiro atoms. The van der Waals surface area contributed by atoms with Crippen molar-refractivity contribution in [1.82, 2.24) is 5.32 Å². The van der Waals surface area contributed by atoms with Gasteiger partial charge in [-0.2, -0.15) is 0 Å². The molecule has 0 radical (unpaired) electrons. The number of benzene rings is 2. The molecule has 2 saturated heterocycles. The van der Waals surface area contributed by atoms with Crippen molar-refractivity contribution in [3.63, 3.8) is 0 Å². The zero-order chi connectivity index (χ0) is 25.8. The van der Waals surface area contributed by atoms with E-state index in [-0.39, 0.29) is 48.9 Å². The van der Waals surface area contributed by atoms with E-state index < -0.39 is 6.10 Å². The molecule has 37 heavy (non-hydrogen) atoms. The Kier molecular flexibility index (Phi) is 7.93. The fraction of sp³-hybridized carbons (Fsp3) is 0.500. The van der Waals surface area contributed by atoms with Crippen molar-refractivity contribution in [2.75, 3.05) is 32.2 Å². The highest BCUT2D eigenvalue weighted by Crippen LogP contribution is 2.47. The summed E-state index contributed by atoms with van der Waals surface area (Å²) in [7, 11) is 1.60. The Balaban J connectivity index is 1.23. The predicted molar refractivity (Wildman–Crippen MR) is 136 cm³/mol. The number of para-hydroxylation sites is 1. The number of ether oxygens (including phenoxy) is 4. The predicted octanol–water partition coefficient (Wildman–Crippen LogP) is 2.76. The minimum Gasteiger partial charge on any atom is -0.496 e. The van der Waals surface area contributed by atoms with Gasteiger partial charge in [0.2, 0.25) is 11.8 Å². The minimum absolute atomic E-state index is 0.00326. The number of nitrogens with one attached hydrogen (secondary N) is 2. The van der Waals surface area contributed by atoms with Crippen LogP contribution in [0.4, 0.5) is 5.69 Å². The van der Waals surface area contributed by atoms with Crippen molar-refractivity contribution in [2.24, 2.45) is 5.92 Å². The van der Waals surface area contributed by atoms with Crippen LogP contribution in [0, 0.1) is 5.92 Å². The second-order valence-corrected chi connectivity index (χ2v) is 9.82. The quantitative estimate of drug-likeness (QED) is 0.500. The summed E-state index contributed by atoms with van der Waals surface area (Å²) < 4.78 is 22.9. The molecule has 0 saturated carbocycles. The van der Waals surface area contributed by atoms with E-state index in [1.165, 1.54) is 0 Å². The van der Waals surface area contributed by atoms with Crippen molar-refractivity contribution in [3.8, 4) is 11.5 Å². The van der Waals surface area contributed by atoms with E-state index >= 15 is 0 Å². The second kappa shape index (κ2) is 11.5. The van der Waals surface area contributed by atoms with Gasteiger partial charge in [-0.05, 0) is 43.5 Å². The molecule has 3 aliphatic heterocycles. The van der Waals surface area contributed by atoms with Gasteiger partial charge in [0.25, 0.3) is 0 Å². The zero-order valence-corrected chi connectivity index (χ0v) is 21.0. The number of rotatable bonds is 8. The summed E-state index contributed by atoms with van der Waals surface area (Å²) in [6.45, 7) is 1.36. The van der Waals surface area contributed by atoms with E-state index in [9.17, 15) is 14.7 Å². The molecule has 9 nitrogen and oxygen atoms in total. The van der Waals surface area contributed by atoms with E-state index in [1.54, 1.807) is 7.11 Å². The summed E-state index contributed by atoms with van der Waals surface area (Å²) in [5, 5.41) is 16.0. The Labute approximate surface area is 216 Å². The van der Waals surface area contributed by atoms with Crippen molar-refractivity contribution >= 4 is 17.5 Å². The number of carbonyl (C=O) groups is 2. The van der Waals surface area contributed by atoms with Gasteiger partial charge in [0.05, 0.1) is 26.2 Å². The van der Waals surface area contributed by atoms with Gasteiger partial charge in [-0.3, -0.25) is 9.59 Å². The summed E-state index contributed by atoms with van der Waals surface area (Å²) in [4.78, 5) is 25.5. The van der Waals surface area contributed by atoms with Gasteiger partial charge in [-0.25, -0.2) is 0 Å². The fourth-order valence-corrected chi connectivity index (χ4v) is 5.49. The maximum atomic E-state index is 12.8. The molecule has 2 aromatic rings. The molecule has 4 atom stereocenters. The van der Waals surface area contributed by atoms with Crippen LogP contribution in [-0.2, 0) is 25.6 Å². The van der Waals surface area contributed by atoms with Crippen LogP contribution < -0.4 is 20.1 Å². The minimum atomic E-state index is -0.543. The molecule has 0 unspecified atom stereocenters. The van der Waals surface area contributed by atoms with Crippen molar-refractivity contribution in [2.45, 2.75) is 56.5 Å². The van der Waals surface area contributed by atoms with Gasteiger partial charge in [0.15, 0.2) is 0 Å². The van der Waals surface area contributed by atoms with Crippen LogP contribution in [0.1, 0.15) is 42.7 Å². The lowest BCUT2D eigenvalue weighted by Gasteiger charge is -2.37. The standard InChI is InChI=1S/C28H34N2O7/c1-34-23-5-3-2-4-18(23)15-29-26(32)14-20-13-22-21-12-19(30-28(33)17-8-10-35-11-9-17)6-7-24(21)37-27(22)25(16-31)36-20/h2-7,12,17,20,22,25,27,31H,8-11,13-16H2,1H3,(H,29,32)(H,30,33)/t20-,22-,25+,27+/m0/s1. The van der Waals surface area contributed by atoms with E-state index in [0.29, 0.717) is 26.2 Å². The fourth-order valence-electron chi connectivity index (χ4n) is 5.49. The maximum absolute atomic E-state index is 12.8. The molecule has 3 aliphatic rings. The molecular weight excluding hydrogens is 476 g/mol. The Morgan fingerprint density at radius 1 is 1.14 bits per heavy atom. The van der Waals surface area contributed by atoms with Crippen LogP contribution in [0.25, 0.3) is 0 Å². The van der Waals surface area contributed by atoms with E-state index in [1.807, 2.05) is 42.5 Å². The molecule has 9 heteroatoms. The summed E-state index contributed by atoms with van der Waals surface area (Å²) >= 11 is 0. The average Bonchev–Trinajstić information content (AvgIpc) is 3.30. The van der Waals surface area contributed by atoms with Crippen LogP contribution in [-0.4, -0.2) is 62.2 Å². The SMILES string of the molecule is COc1ccccc1CNC(=O)C[C@@H]1C[C@H]2c3cc(NC(=O)C4CCOCC4)ccc3O[C@H]2[C@@H](CO)O1. The van der Waals surface area contributed by atoms with Gasteiger partial charge in [-0.1, -0.05) is 18.2 Å². The molecule has 0 aromatic heterocycles. The van der Waals surface area contributed by atoms with Crippen LogP contribution in [0.2, 0.25) is 0 Å². The lowest BCUT2D eigenvalue weighted by atomic mass is 9.84. The Hall–Kier alpha value is -3.14. The first-order valence-corrected chi connectivity index (χ1v) is 12.9. The van der Waals surface area contributed by atoms with Gasteiger partial charge in [0, 0.05) is 48.4 Å². The second-order valence-electron chi connectivity index (χ2n) is 9.82. The molecule has 0 bridgehead atoms. The molecule has 2 aromatic carbocycles. The summed E-state index contributed by atoms with van der Waals surface area (Å²) in [6, 6.07) is 13.2. The van der Waals surface area contributed by atoms with Crippen molar-refractivity contribution in [3.05, 3.63) is 53.6 Å². The van der Waals surface area contributed by atoms with E-state index in [2.05, 4.69) is 10.6 Å². The van der Waals surface area contributed by atoms with Gasteiger partial charge < -0.3 is 34.7 Å². The normalized spacial score (nSPS) is 24.9. The third-order valence-electron chi connectivity index (χ3n) is 7.44. The lowest BCUT2D eigenvalue weighted by Crippen LogP contribution is -2.47. The number of anilines is 1. The first-order chi connectivity index (χ1) is 18.1. The van der Waals surface area contributed by atoms with Crippen LogP contribution in [0.15, 0.2) is 42.5 Å². The summed E-state index contributed by atoms with van der Waals surface area (Å²) in [5.74, 6) is 1.22. The zero-order valence-electron chi connectivity index (χ0n) is 21.0. The number of hydrogen-bond donors (Lipinski definition) is 3. The highest BCUT2D eigenvalue weighted by atomic mass is 16.6. The average molecular weight is 511 g/mol. The summed E-state index contributed by atoms with van der Waals surface area (Å²) in [6.07, 6.45) is 0.943. The number of hydrogen-bond acceptors (Lipinski definition) is 7. The van der Waals surface area contributed by atoms with Crippen LogP contribution in [0.5, 0.6) is 11.5 Å². The summed E-state index contributed by atoms with van der Waals surface area (Å²) in [5.41, 5.74) is 2.58. The topological polar surface area (TPSA) is 115 Å². The van der Waals surface area contributed by atoms with Gasteiger partial charge in [0.1, 0.15) is 23.7 Å². The Morgan fingerprint density at radius 3 is 2.73 bits per heavy atom. The van der Waals surface area contributed by atoms with Gasteiger partial charge in [-0.15, -0.1) is 0 Å². The number of fused-ring (bicyclic) bond motifs is 3. The smallest absolute Gasteiger partial charge is 0.227 e. The number of methoxy groups -OCH3 is 1. The monoisotopic (exact) mass is 510 g/mol. The molecule has 0 aliphatic carbocycles. The highest BCUT2D eigenvalue weighted by Gasteiger charge is 2.46. The van der Waals surface area contributed by atoms with Crippen molar-refractivity contribution in [1.29, 1.82) is 0 Å². The third-order valence-corrected chi connectivity index (χ3v) is 7.44. The number of carbonyl (C=O) groups excluding carboxylic acids is 2. The third kappa shape index (κ3) is 5.74. The number of aliphatic hydroxyl groups excluding tert-OH is 1. The Morgan fingerprint density at radius 2 is 1.95 bits per heavy atom. The first kappa shape index (κ1) is 25.5. The van der Waals surface area contributed by atoms with Crippen molar-refractivity contribution < 1.29 is 33.6 Å². The lowest BCUT2D eigenvalue weighted by molar-refractivity contribution is -0.142.